The molecule has 11 heteroatoms. The Kier molecular flexibility index (Phi) is 5.13. The molecule has 0 saturated carbocycles. The van der Waals surface area contributed by atoms with Gasteiger partial charge in [-0.2, -0.15) is 25.8 Å². The van der Waals surface area contributed by atoms with Gasteiger partial charge in [-0.05, 0) is 6.92 Å². The summed E-state index contributed by atoms with van der Waals surface area (Å²) in [5, 5.41) is 0. The lowest BCUT2D eigenvalue weighted by Gasteiger charge is -2.13. The fraction of sp³-hybridized carbons (Fsp3) is 1.00. The van der Waals surface area contributed by atoms with Crippen LogP contribution in [0.25, 0.3) is 0 Å². The number of halogens is 3. The maximum absolute atomic E-state index is 11.7. The first-order valence-corrected chi connectivity index (χ1v) is 5.69. The van der Waals surface area contributed by atoms with Gasteiger partial charge in [0.15, 0.2) is 0 Å². The van der Waals surface area contributed by atoms with Crippen molar-refractivity contribution >= 4 is 21.8 Å². The molecule has 0 radical (unpaired) electrons. The molecule has 15 heavy (non-hydrogen) atoms. The molecule has 0 fully saturated rings. The van der Waals surface area contributed by atoms with E-state index in [0.29, 0.717) is 0 Å². The van der Waals surface area contributed by atoms with Crippen LogP contribution in [0.15, 0.2) is 0 Å². The van der Waals surface area contributed by atoms with Crippen LogP contribution in [0.4, 0.5) is 13.2 Å². The van der Waals surface area contributed by atoms with Crippen molar-refractivity contribution in [2.75, 3.05) is 0 Å². The van der Waals surface area contributed by atoms with Gasteiger partial charge in [0.05, 0.1) is 12.5 Å². The first-order chi connectivity index (χ1) is 6.52. The molecule has 0 rings (SSSR count). The second-order valence-electron chi connectivity index (χ2n) is 2.42. The zero-order chi connectivity index (χ0) is 12.3. The van der Waals surface area contributed by atoms with E-state index in [1.165, 1.54) is 0 Å². The first kappa shape index (κ1) is 14.8. The first-order valence-electron chi connectivity index (χ1n) is 3.32. The summed E-state index contributed by atoms with van der Waals surface area (Å²) in [7, 11) is -4.90. The predicted molar refractivity (Wildman–Crippen MR) is 42.0 cm³/mol. The van der Waals surface area contributed by atoms with Crippen LogP contribution in [0.2, 0.25) is 0 Å². The molecule has 92 valence electrons. The minimum absolute atomic E-state index is 0.828. The Morgan fingerprint density at radius 2 is 1.93 bits per heavy atom. The van der Waals surface area contributed by atoms with Gasteiger partial charge in [-0.1, -0.05) is 0 Å². The molecular weight excluding hydrogens is 265 g/mol. The molecule has 0 spiro atoms. The summed E-state index contributed by atoms with van der Waals surface area (Å²) in [5.41, 5.74) is 0. The van der Waals surface area contributed by atoms with Crippen molar-refractivity contribution in [1.82, 2.24) is 0 Å². The molecule has 0 aromatic heterocycles. The lowest BCUT2D eigenvalue weighted by atomic mass is 10.3. The predicted octanol–water partition coefficient (Wildman–Crippen LogP) is 0.742. The van der Waals surface area contributed by atoms with E-state index in [9.17, 15) is 25.8 Å². The fourth-order valence-corrected chi connectivity index (χ4v) is 1.82. The van der Waals surface area contributed by atoms with Gasteiger partial charge in [-0.25, -0.2) is 4.18 Å². The van der Waals surface area contributed by atoms with E-state index in [1.54, 1.807) is 0 Å². The molecule has 2 atom stereocenters. The highest BCUT2D eigenvalue weighted by atomic mass is 32.3. The van der Waals surface area contributed by atoms with E-state index in [4.69, 9.17) is 4.55 Å². The Hall–Kier alpha value is -0.230. The third kappa shape index (κ3) is 8.74. The average molecular weight is 272 g/mol. The maximum atomic E-state index is 11.7. The van der Waals surface area contributed by atoms with Crippen molar-refractivity contribution in [1.29, 1.82) is 0 Å². The summed E-state index contributed by atoms with van der Waals surface area (Å²) in [6.45, 7) is 0.828. The Morgan fingerprint density at radius 3 is 2.27 bits per heavy atom. The SMILES string of the molecule is CC(CC(F)(F)F)OS(=O)(=O)OS(=O)O. The molecule has 0 saturated heterocycles. The van der Waals surface area contributed by atoms with Crippen molar-refractivity contribution in [2.45, 2.75) is 25.6 Å². The number of hydrogen-bond donors (Lipinski definition) is 1. The van der Waals surface area contributed by atoms with Crippen molar-refractivity contribution in [3.8, 4) is 0 Å². The summed E-state index contributed by atoms with van der Waals surface area (Å²) in [5.74, 6) is 0. The van der Waals surface area contributed by atoms with Crippen LogP contribution in [0.5, 0.6) is 0 Å². The molecule has 6 nitrogen and oxygen atoms in total. The monoisotopic (exact) mass is 272 g/mol. The van der Waals surface area contributed by atoms with E-state index in [0.717, 1.165) is 6.92 Å². The topological polar surface area (TPSA) is 89.9 Å². The fourth-order valence-electron chi connectivity index (χ4n) is 0.648. The quantitative estimate of drug-likeness (QED) is 0.742. The normalized spacial score (nSPS) is 17.4. The zero-order valence-corrected chi connectivity index (χ0v) is 8.86. The van der Waals surface area contributed by atoms with Crippen molar-refractivity contribution in [3.05, 3.63) is 0 Å². The van der Waals surface area contributed by atoms with E-state index < -0.39 is 40.5 Å². The van der Waals surface area contributed by atoms with E-state index in [2.05, 4.69) is 7.81 Å². The van der Waals surface area contributed by atoms with Crippen LogP contribution < -0.4 is 0 Å². The zero-order valence-electron chi connectivity index (χ0n) is 7.22. The molecule has 0 aliphatic carbocycles. The van der Waals surface area contributed by atoms with Gasteiger partial charge in [0, 0.05) is 0 Å². The Balaban J connectivity index is 4.29. The third-order valence-corrected chi connectivity index (χ3v) is 2.64. The Labute approximate surface area is 86.2 Å². The van der Waals surface area contributed by atoms with Crippen LogP contribution in [-0.2, 0) is 29.6 Å². The standard InChI is InChI=1S/C4H7F3O6S2/c1-3(2-4(5,6)7)12-15(10,11)13-14(8)9/h3H,2H2,1H3,(H,8,9). The molecule has 0 aromatic rings. The lowest BCUT2D eigenvalue weighted by molar-refractivity contribution is -0.148. The summed E-state index contributed by atoms with van der Waals surface area (Å²) in [6, 6.07) is 0. The highest BCUT2D eigenvalue weighted by Gasteiger charge is 2.33. The maximum Gasteiger partial charge on any atom is 0.414 e. The van der Waals surface area contributed by atoms with E-state index in [-0.39, 0.29) is 0 Å². The third-order valence-electron chi connectivity index (χ3n) is 0.943. The molecule has 1 N–H and O–H groups in total. The van der Waals surface area contributed by atoms with Crippen LogP contribution in [0, 0.1) is 0 Å². The van der Waals surface area contributed by atoms with Crippen LogP contribution in [0.3, 0.4) is 0 Å². The molecule has 0 heterocycles. The summed E-state index contributed by atoms with van der Waals surface area (Å²) in [4.78, 5) is 0. The molecule has 0 bridgehead atoms. The molecule has 0 amide bonds. The van der Waals surface area contributed by atoms with Crippen molar-refractivity contribution in [2.24, 2.45) is 0 Å². The van der Waals surface area contributed by atoms with Crippen LogP contribution >= 0.6 is 0 Å². The smallest absolute Gasteiger partial charge is 0.283 e. The minimum atomic E-state index is -4.90. The summed E-state index contributed by atoms with van der Waals surface area (Å²) < 4.78 is 81.3. The summed E-state index contributed by atoms with van der Waals surface area (Å²) in [6.07, 6.45) is -7.86. The van der Waals surface area contributed by atoms with Crippen LogP contribution in [0.1, 0.15) is 13.3 Å². The van der Waals surface area contributed by atoms with E-state index in [1.807, 2.05) is 0 Å². The minimum Gasteiger partial charge on any atom is -0.283 e. The van der Waals surface area contributed by atoms with Gasteiger partial charge in [-0.15, -0.1) is 3.63 Å². The van der Waals surface area contributed by atoms with Crippen LogP contribution in [-0.4, -0.2) is 29.5 Å². The van der Waals surface area contributed by atoms with Gasteiger partial charge < -0.3 is 0 Å². The summed E-state index contributed by atoms with van der Waals surface area (Å²) >= 11 is -3.17. The Bertz CT molecular complexity index is 322. The highest BCUT2D eigenvalue weighted by Crippen LogP contribution is 2.23. The lowest BCUT2D eigenvalue weighted by Crippen LogP contribution is -2.24. The van der Waals surface area contributed by atoms with Gasteiger partial charge in [-0.3, -0.25) is 4.55 Å². The second-order valence-corrected chi connectivity index (χ2v) is 4.41. The molecule has 0 aliphatic heterocycles. The number of rotatable bonds is 5. The van der Waals surface area contributed by atoms with Gasteiger partial charge in [0.25, 0.3) is 0 Å². The number of hydrogen-bond acceptors (Lipinski definition) is 5. The average Bonchev–Trinajstić information content (AvgIpc) is 1.73. The van der Waals surface area contributed by atoms with E-state index >= 15 is 0 Å². The van der Waals surface area contributed by atoms with Crippen molar-refractivity contribution < 1.29 is 38.2 Å². The van der Waals surface area contributed by atoms with Gasteiger partial charge in [0.2, 0.25) is 0 Å². The molecule has 2 unspecified atom stereocenters. The molecular formula is C4H7F3O6S2. The van der Waals surface area contributed by atoms with Gasteiger partial charge in [0.1, 0.15) is 0 Å². The van der Waals surface area contributed by atoms with Crippen molar-refractivity contribution in [3.63, 3.8) is 0 Å². The molecule has 0 aliphatic rings. The highest BCUT2D eigenvalue weighted by molar-refractivity contribution is 7.92. The largest absolute Gasteiger partial charge is 0.414 e. The molecule has 0 aromatic carbocycles. The number of alkyl halides is 3. The van der Waals surface area contributed by atoms with Gasteiger partial charge >= 0.3 is 27.9 Å². The second kappa shape index (κ2) is 5.21. The Morgan fingerprint density at radius 1 is 1.47 bits per heavy atom.